The molecule has 0 spiro atoms. The van der Waals surface area contributed by atoms with Crippen LogP contribution in [0.25, 0.3) is 0 Å². The summed E-state index contributed by atoms with van der Waals surface area (Å²) in [6.07, 6.45) is 0. The van der Waals surface area contributed by atoms with E-state index >= 15 is 0 Å². The summed E-state index contributed by atoms with van der Waals surface area (Å²) in [5.41, 5.74) is 2.37. The van der Waals surface area contributed by atoms with Crippen LogP contribution < -0.4 is 5.32 Å². The van der Waals surface area contributed by atoms with Crippen LogP contribution in [0.15, 0.2) is 41.3 Å². The zero-order chi connectivity index (χ0) is 14.0. The number of anilines is 1. The van der Waals surface area contributed by atoms with E-state index in [1.165, 1.54) is 6.07 Å². The largest absolute Gasteiger partial charge is 0.322 e. The molecular formula is C15H14FNOS. The second-order valence-electron chi connectivity index (χ2n) is 4.42. The molecule has 2 rings (SSSR count). The Bertz CT molecular complexity index is 640. The van der Waals surface area contributed by atoms with Crippen LogP contribution in [0.1, 0.15) is 21.5 Å². The Morgan fingerprint density at radius 2 is 1.79 bits per heavy atom. The molecule has 2 aromatic rings. The lowest BCUT2D eigenvalue weighted by molar-refractivity contribution is 0.102. The first-order valence-electron chi connectivity index (χ1n) is 5.84. The molecule has 0 aliphatic heterocycles. The molecule has 1 amide bonds. The summed E-state index contributed by atoms with van der Waals surface area (Å²) in [6, 6.07) is 9.96. The van der Waals surface area contributed by atoms with E-state index in [1.807, 2.05) is 19.1 Å². The molecule has 0 aliphatic carbocycles. The predicted octanol–water partition coefficient (Wildman–Crippen LogP) is 3.98. The monoisotopic (exact) mass is 275 g/mol. The topological polar surface area (TPSA) is 29.1 Å². The molecule has 0 radical (unpaired) electrons. The molecule has 0 bridgehead atoms. The predicted molar refractivity (Wildman–Crippen MR) is 77.5 cm³/mol. The van der Waals surface area contributed by atoms with Crippen molar-refractivity contribution >= 4 is 24.2 Å². The zero-order valence-electron chi connectivity index (χ0n) is 10.7. The number of carbonyl (C=O) groups excluding carboxylic acids is 1. The third kappa shape index (κ3) is 3.15. The van der Waals surface area contributed by atoms with E-state index < -0.39 is 0 Å². The maximum Gasteiger partial charge on any atom is 0.255 e. The highest BCUT2D eigenvalue weighted by atomic mass is 32.1. The third-order valence-corrected chi connectivity index (χ3v) is 3.17. The number of carbonyl (C=O) groups is 1. The summed E-state index contributed by atoms with van der Waals surface area (Å²) in [7, 11) is 0. The van der Waals surface area contributed by atoms with Gasteiger partial charge in [-0.15, -0.1) is 12.6 Å². The van der Waals surface area contributed by atoms with Gasteiger partial charge < -0.3 is 5.32 Å². The molecular weight excluding hydrogens is 261 g/mol. The fourth-order valence-corrected chi connectivity index (χ4v) is 1.93. The summed E-state index contributed by atoms with van der Waals surface area (Å²) in [5, 5.41) is 2.68. The normalized spacial score (nSPS) is 10.3. The molecule has 0 saturated heterocycles. The van der Waals surface area contributed by atoms with Crippen LogP contribution in [0.4, 0.5) is 10.1 Å². The molecule has 0 atom stereocenters. The van der Waals surface area contributed by atoms with Gasteiger partial charge in [0.05, 0.1) is 0 Å². The lowest BCUT2D eigenvalue weighted by atomic mass is 10.1. The highest BCUT2D eigenvalue weighted by Gasteiger charge is 2.10. The van der Waals surface area contributed by atoms with Crippen molar-refractivity contribution in [3.63, 3.8) is 0 Å². The van der Waals surface area contributed by atoms with E-state index in [1.54, 1.807) is 25.1 Å². The number of hydrogen-bond donors (Lipinski definition) is 2. The molecule has 0 heterocycles. The van der Waals surface area contributed by atoms with Crippen molar-refractivity contribution < 1.29 is 9.18 Å². The number of benzene rings is 2. The number of halogens is 1. The highest BCUT2D eigenvalue weighted by molar-refractivity contribution is 7.80. The van der Waals surface area contributed by atoms with E-state index in [0.29, 0.717) is 21.7 Å². The first kappa shape index (κ1) is 13.6. The van der Waals surface area contributed by atoms with Crippen LogP contribution in [0.5, 0.6) is 0 Å². The van der Waals surface area contributed by atoms with Crippen molar-refractivity contribution in [3.8, 4) is 0 Å². The molecule has 0 aliphatic rings. The van der Waals surface area contributed by atoms with Crippen LogP contribution in [0, 0.1) is 19.7 Å². The third-order valence-electron chi connectivity index (χ3n) is 2.90. The summed E-state index contributed by atoms with van der Waals surface area (Å²) in [4.78, 5) is 12.8. The van der Waals surface area contributed by atoms with Crippen molar-refractivity contribution in [2.24, 2.45) is 0 Å². The van der Waals surface area contributed by atoms with Crippen LogP contribution in [0.3, 0.4) is 0 Å². The average molecular weight is 275 g/mol. The van der Waals surface area contributed by atoms with Gasteiger partial charge in [-0.25, -0.2) is 4.39 Å². The van der Waals surface area contributed by atoms with Crippen molar-refractivity contribution in [1.82, 2.24) is 0 Å². The number of hydrogen-bond acceptors (Lipinski definition) is 2. The molecule has 1 N–H and O–H groups in total. The number of amides is 1. The minimum Gasteiger partial charge on any atom is -0.322 e. The Kier molecular flexibility index (Phi) is 3.90. The summed E-state index contributed by atoms with van der Waals surface area (Å²) in [6.45, 7) is 3.52. The Balaban J connectivity index is 2.25. The molecule has 0 unspecified atom stereocenters. The van der Waals surface area contributed by atoms with E-state index in [-0.39, 0.29) is 11.7 Å². The first-order chi connectivity index (χ1) is 8.97. The number of aryl methyl sites for hydroxylation is 2. The van der Waals surface area contributed by atoms with Gasteiger partial charge in [0.2, 0.25) is 0 Å². The van der Waals surface area contributed by atoms with Crippen LogP contribution in [0.2, 0.25) is 0 Å². The lowest BCUT2D eigenvalue weighted by Gasteiger charge is -2.09. The molecule has 2 aromatic carbocycles. The number of thiol groups is 1. The van der Waals surface area contributed by atoms with E-state index in [9.17, 15) is 9.18 Å². The smallest absolute Gasteiger partial charge is 0.255 e. The van der Waals surface area contributed by atoms with Gasteiger partial charge in [0.25, 0.3) is 5.91 Å². The maximum absolute atomic E-state index is 13.4. The van der Waals surface area contributed by atoms with Crippen LogP contribution >= 0.6 is 12.6 Å². The van der Waals surface area contributed by atoms with Gasteiger partial charge in [0, 0.05) is 16.1 Å². The first-order valence-corrected chi connectivity index (χ1v) is 6.29. The Labute approximate surface area is 117 Å². The summed E-state index contributed by atoms with van der Waals surface area (Å²) in [5.74, 6) is -0.603. The molecule has 4 heteroatoms. The molecule has 2 nitrogen and oxygen atoms in total. The minimum absolute atomic E-state index is 0.267. The minimum atomic E-state index is -0.336. The van der Waals surface area contributed by atoms with E-state index in [2.05, 4.69) is 17.9 Å². The number of nitrogens with one attached hydrogen (secondary N) is 1. The Morgan fingerprint density at radius 3 is 2.47 bits per heavy atom. The van der Waals surface area contributed by atoms with Crippen molar-refractivity contribution in [1.29, 1.82) is 0 Å². The van der Waals surface area contributed by atoms with Gasteiger partial charge in [-0.05, 0) is 49.2 Å². The van der Waals surface area contributed by atoms with E-state index in [0.717, 1.165) is 5.56 Å². The van der Waals surface area contributed by atoms with Crippen LogP contribution in [-0.4, -0.2) is 5.91 Å². The molecule has 19 heavy (non-hydrogen) atoms. The van der Waals surface area contributed by atoms with Gasteiger partial charge in [-0.3, -0.25) is 4.79 Å². The zero-order valence-corrected chi connectivity index (χ0v) is 11.6. The standard InChI is InChI=1S/C15H14FNOS/c1-9-4-6-12(19)8-13(9)15(18)17-11-5-3-10(2)14(16)7-11/h3-8,19H,1-2H3,(H,17,18). The summed E-state index contributed by atoms with van der Waals surface area (Å²) >= 11 is 4.21. The Hall–Kier alpha value is -1.81. The van der Waals surface area contributed by atoms with Crippen molar-refractivity contribution in [2.45, 2.75) is 18.7 Å². The quantitative estimate of drug-likeness (QED) is 0.797. The van der Waals surface area contributed by atoms with Crippen LogP contribution in [-0.2, 0) is 0 Å². The molecule has 0 aromatic heterocycles. The van der Waals surface area contributed by atoms with Gasteiger partial charge in [0.1, 0.15) is 5.82 Å². The van der Waals surface area contributed by atoms with Gasteiger partial charge in [-0.2, -0.15) is 0 Å². The van der Waals surface area contributed by atoms with Crippen molar-refractivity contribution in [3.05, 3.63) is 58.9 Å². The van der Waals surface area contributed by atoms with Gasteiger partial charge in [0.15, 0.2) is 0 Å². The SMILES string of the molecule is Cc1ccc(NC(=O)c2cc(S)ccc2C)cc1F. The maximum atomic E-state index is 13.4. The molecule has 98 valence electrons. The van der Waals surface area contributed by atoms with Gasteiger partial charge in [-0.1, -0.05) is 12.1 Å². The van der Waals surface area contributed by atoms with Crippen molar-refractivity contribution in [2.75, 3.05) is 5.32 Å². The lowest BCUT2D eigenvalue weighted by Crippen LogP contribution is -2.13. The Morgan fingerprint density at radius 1 is 1.11 bits per heavy atom. The average Bonchev–Trinajstić information content (AvgIpc) is 2.36. The highest BCUT2D eigenvalue weighted by Crippen LogP contribution is 2.18. The fraction of sp³-hybridized carbons (Fsp3) is 0.133. The summed E-state index contributed by atoms with van der Waals surface area (Å²) < 4.78 is 13.4. The van der Waals surface area contributed by atoms with E-state index in [4.69, 9.17) is 0 Å². The fourth-order valence-electron chi connectivity index (χ4n) is 1.72. The van der Waals surface area contributed by atoms with Gasteiger partial charge >= 0.3 is 0 Å². The molecule has 0 saturated carbocycles. The number of rotatable bonds is 2. The second-order valence-corrected chi connectivity index (χ2v) is 4.93. The molecule has 0 fully saturated rings. The second kappa shape index (κ2) is 5.45.